The van der Waals surface area contributed by atoms with Gasteiger partial charge in [0.15, 0.2) is 0 Å². The molecule has 1 aliphatic rings. The Morgan fingerprint density at radius 1 is 1.15 bits per heavy atom. The lowest BCUT2D eigenvalue weighted by atomic mass is 9.74. The van der Waals surface area contributed by atoms with Crippen LogP contribution in [0, 0.1) is 5.41 Å². The first kappa shape index (κ1) is 19.0. The molecule has 0 amide bonds. The Balaban J connectivity index is 1.99. The summed E-state index contributed by atoms with van der Waals surface area (Å²) in [7, 11) is -3.60. The van der Waals surface area contributed by atoms with E-state index >= 15 is 0 Å². The molecule has 5 nitrogen and oxygen atoms in total. The molecule has 1 aliphatic carbocycles. The molecule has 6 heteroatoms. The zero-order valence-electron chi connectivity index (χ0n) is 16.1. The maximum Gasteiger partial charge on any atom is 0.241 e. The van der Waals surface area contributed by atoms with Gasteiger partial charge in [-0.15, -0.1) is 0 Å². The van der Waals surface area contributed by atoms with Gasteiger partial charge in [-0.25, -0.2) is 23.1 Å². The standard InChI is InChI=1S/C20H27N3O2S/c1-19(2,3)18-21-13-15-16(22-18)11-20(4,5)12-17(15)23-26(24,25)14-9-7-6-8-10-14/h6-10,13,17,23H,11-12H2,1-5H3. The topological polar surface area (TPSA) is 72.0 Å². The summed E-state index contributed by atoms with van der Waals surface area (Å²) >= 11 is 0. The molecule has 2 aromatic rings. The summed E-state index contributed by atoms with van der Waals surface area (Å²) in [6.07, 6.45) is 3.33. The van der Waals surface area contributed by atoms with Crippen molar-refractivity contribution in [3.8, 4) is 0 Å². The number of hydrogen-bond acceptors (Lipinski definition) is 4. The molecular formula is C20H27N3O2S. The first-order chi connectivity index (χ1) is 12.0. The van der Waals surface area contributed by atoms with Gasteiger partial charge in [-0.3, -0.25) is 0 Å². The monoisotopic (exact) mass is 373 g/mol. The number of nitrogens with zero attached hydrogens (tertiary/aromatic N) is 2. The van der Waals surface area contributed by atoms with Gasteiger partial charge in [0.25, 0.3) is 0 Å². The van der Waals surface area contributed by atoms with E-state index in [1.54, 1.807) is 36.5 Å². The molecule has 1 unspecified atom stereocenters. The zero-order valence-corrected chi connectivity index (χ0v) is 16.9. The molecule has 1 atom stereocenters. The maximum atomic E-state index is 12.8. The van der Waals surface area contributed by atoms with Gasteiger partial charge < -0.3 is 0 Å². The first-order valence-corrected chi connectivity index (χ1v) is 10.4. The van der Waals surface area contributed by atoms with E-state index < -0.39 is 10.0 Å². The van der Waals surface area contributed by atoms with Crippen molar-refractivity contribution in [2.45, 2.75) is 63.8 Å². The van der Waals surface area contributed by atoms with E-state index in [0.29, 0.717) is 6.42 Å². The Bertz CT molecular complexity index is 900. The van der Waals surface area contributed by atoms with Gasteiger partial charge >= 0.3 is 0 Å². The minimum atomic E-state index is -3.60. The van der Waals surface area contributed by atoms with Gasteiger partial charge in [0, 0.05) is 22.9 Å². The van der Waals surface area contributed by atoms with Gasteiger partial charge in [0.2, 0.25) is 10.0 Å². The number of sulfonamides is 1. The van der Waals surface area contributed by atoms with Crippen molar-refractivity contribution < 1.29 is 8.42 Å². The lowest BCUT2D eigenvalue weighted by molar-refractivity contribution is 0.267. The second-order valence-electron chi connectivity index (χ2n) is 8.88. The third-order valence-electron chi connectivity index (χ3n) is 4.70. The van der Waals surface area contributed by atoms with E-state index in [9.17, 15) is 8.42 Å². The minimum Gasteiger partial charge on any atom is -0.240 e. The molecule has 0 spiro atoms. The van der Waals surface area contributed by atoms with Crippen molar-refractivity contribution in [3.63, 3.8) is 0 Å². The molecule has 0 aliphatic heterocycles. The summed E-state index contributed by atoms with van der Waals surface area (Å²) in [5.41, 5.74) is 1.65. The van der Waals surface area contributed by atoms with Crippen LogP contribution in [0.4, 0.5) is 0 Å². The molecule has 1 aromatic heterocycles. The molecule has 0 saturated heterocycles. The molecule has 0 bridgehead atoms. The Kier molecular flexibility index (Phi) is 4.69. The van der Waals surface area contributed by atoms with Crippen molar-refractivity contribution in [2.75, 3.05) is 0 Å². The molecule has 0 radical (unpaired) electrons. The molecule has 0 saturated carbocycles. The molecule has 1 aromatic carbocycles. The molecule has 1 heterocycles. The number of aromatic nitrogens is 2. The van der Waals surface area contributed by atoms with Gasteiger partial charge in [-0.05, 0) is 30.4 Å². The number of fused-ring (bicyclic) bond motifs is 1. The Morgan fingerprint density at radius 3 is 2.42 bits per heavy atom. The summed E-state index contributed by atoms with van der Waals surface area (Å²) in [5.74, 6) is 0.790. The SMILES string of the molecule is CC1(C)Cc2nc(C(C)(C)C)ncc2C(NS(=O)(=O)c2ccccc2)C1. The van der Waals surface area contributed by atoms with Crippen LogP contribution in [-0.2, 0) is 21.9 Å². The van der Waals surface area contributed by atoms with Gasteiger partial charge in [-0.2, -0.15) is 0 Å². The lowest BCUT2D eigenvalue weighted by Gasteiger charge is -2.36. The fraction of sp³-hybridized carbons (Fsp3) is 0.500. The van der Waals surface area contributed by atoms with Crippen molar-refractivity contribution in [1.29, 1.82) is 0 Å². The molecule has 3 rings (SSSR count). The first-order valence-electron chi connectivity index (χ1n) is 8.92. The van der Waals surface area contributed by atoms with Gasteiger partial charge in [-0.1, -0.05) is 52.8 Å². The number of hydrogen-bond donors (Lipinski definition) is 1. The van der Waals surface area contributed by atoms with Gasteiger partial charge in [0.05, 0.1) is 10.9 Å². The van der Waals surface area contributed by atoms with Gasteiger partial charge in [0.1, 0.15) is 5.82 Å². The summed E-state index contributed by atoms with van der Waals surface area (Å²) in [6, 6.07) is 8.15. The highest BCUT2D eigenvalue weighted by Gasteiger charge is 2.36. The normalized spacial score (nSPS) is 19.8. The van der Waals surface area contributed by atoms with Crippen LogP contribution in [0.3, 0.4) is 0 Å². The number of nitrogens with one attached hydrogen (secondary N) is 1. The van der Waals surface area contributed by atoms with Crippen LogP contribution in [0.5, 0.6) is 0 Å². The van der Waals surface area contributed by atoms with E-state index in [1.807, 2.05) is 0 Å². The smallest absolute Gasteiger partial charge is 0.240 e. The zero-order chi connectivity index (χ0) is 19.2. The second kappa shape index (κ2) is 6.43. The summed E-state index contributed by atoms with van der Waals surface area (Å²) in [6.45, 7) is 10.5. The highest BCUT2D eigenvalue weighted by Crippen LogP contribution is 2.40. The number of benzene rings is 1. The highest BCUT2D eigenvalue weighted by atomic mass is 32.2. The predicted octanol–water partition coefficient (Wildman–Crippen LogP) is 3.77. The third kappa shape index (κ3) is 3.96. The Labute approximate surface area is 156 Å². The molecule has 0 fully saturated rings. The lowest BCUT2D eigenvalue weighted by Crippen LogP contribution is -2.37. The van der Waals surface area contributed by atoms with Crippen LogP contribution in [0.25, 0.3) is 0 Å². The van der Waals surface area contributed by atoms with Crippen LogP contribution in [0.1, 0.15) is 64.2 Å². The second-order valence-corrected chi connectivity index (χ2v) is 10.6. The van der Waals surface area contributed by atoms with E-state index in [4.69, 9.17) is 4.98 Å². The summed E-state index contributed by atoms with van der Waals surface area (Å²) in [4.78, 5) is 9.58. The summed E-state index contributed by atoms with van der Waals surface area (Å²) < 4.78 is 28.5. The maximum absolute atomic E-state index is 12.8. The van der Waals surface area contributed by atoms with Crippen molar-refractivity contribution in [1.82, 2.24) is 14.7 Å². The largest absolute Gasteiger partial charge is 0.241 e. The fourth-order valence-electron chi connectivity index (χ4n) is 3.37. The van der Waals surface area contributed by atoms with E-state index in [0.717, 1.165) is 23.5 Å². The highest BCUT2D eigenvalue weighted by molar-refractivity contribution is 7.89. The number of rotatable bonds is 3. The quantitative estimate of drug-likeness (QED) is 0.889. The van der Waals surface area contributed by atoms with Crippen molar-refractivity contribution in [2.24, 2.45) is 5.41 Å². The van der Waals surface area contributed by atoms with E-state index in [2.05, 4.69) is 44.3 Å². The minimum absolute atomic E-state index is 0.0413. The summed E-state index contributed by atoms with van der Waals surface area (Å²) in [5, 5.41) is 0. The predicted molar refractivity (Wildman–Crippen MR) is 102 cm³/mol. The van der Waals surface area contributed by atoms with E-state index in [1.165, 1.54) is 0 Å². The van der Waals surface area contributed by atoms with Crippen LogP contribution in [-0.4, -0.2) is 18.4 Å². The van der Waals surface area contributed by atoms with E-state index in [-0.39, 0.29) is 21.8 Å². The van der Waals surface area contributed by atoms with Crippen LogP contribution in [0.2, 0.25) is 0 Å². The average Bonchev–Trinajstić information content (AvgIpc) is 2.53. The Hall–Kier alpha value is -1.79. The fourth-order valence-corrected chi connectivity index (χ4v) is 4.60. The van der Waals surface area contributed by atoms with Crippen LogP contribution in [0.15, 0.2) is 41.4 Å². The molecule has 26 heavy (non-hydrogen) atoms. The third-order valence-corrected chi connectivity index (χ3v) is 6.19. The van der Waals surface area contributed by atoms with Crippen LogP contribution >= 0.6 is 0 Å². The molecular weight excluding hydrogens is 346 g/mol. The average molecular weight is 374 g/mol. The molecule has 140 valence electrons. The Morgan fingerprint density at radius 2 is 1.81 bits per heavy atom. The van der Waals surface area contributed by atoms with Crippen LogP contribution < -0.4 is 4.72 Å². The van der Waals surface area contributed by atoms with Crippen molar-refractivity contribution in [3.05, 3.63) is 53.6 Å². The molecule has 1 N–H and O–H groups in total. The van der Waals surface area contributed by atoms with Crippen molar-refractivity contribution >= 4 is 10.0 Å².